The monoisotopic (exact) mass is 296 g/mol. The summed E-state index contributed by atoms with van der Waals surface area (Å²) in [6.45, 7) is 0. The van der Waals surface area contributed by atoms with Crippen LogP contribution in [0.25, 0.3) is 0 Å². The van der Waals surface area contributed by atoms with E-state index >= 15 is 0 Å². The lowest BCUT2D eigenvalue weighted by Crippen LogP contribution is -2.22. The van der Waals surface area contributed by atoms with Gasteiger partial charge in [-0.15, -0.1) is 0 Å². The van der Waals surface area contributed by atoms with Gasteiger partial charge in [-0.3, -0.25) is 4.79 Å². The van der Waals surface area contributed by atoms with Crippen molar-refractivity contribution in [2.45, 2.75) is 25.2 Å². The Balaban J connectivity index is 2.00. The molecule has 1 atom stereocenters. The molecule has 0 heterocycles. The van der Waals surface area contributed by atoms with E-state index in [1.54, 1.807) is 14.2 Å². The van der Waals surface area contributed by atoms with Crippen molar-refractivity contribution in [3.05, 3.63) is 59.2 Å². The van der Waals surface area contributed by atoms with Crippen LogP contribution in [-0.4, -0.2) is 20.0 Å². The topological polar surface area (TPSA) is 35.5 Å². The molecule has 0 spiro atoms. The number of carbonyl (C=O) groups is 1. The van der Waals surface area contributed by atoms with Crippen LogP contribution in [0.15, 0.2) is 42.5 Å². The number of benzene rings is 2. The van der Waals surface area contributed by atoms with Gasteiger partial charge in [-0.1, -0.05) is 30.3 Å². The summed E-state index contributed by atoms with van der Waals surface area (Å²) in [6.07, 6.45) is 2.11. The van der Waals surface area contributed by atoms with Crippen LogP contribution in [0.5, 0.6) is 11.5 Å². The van der Waals surface area contributed by atoms with E-state index in [0.717, 1.165) is 24.2 Å². The van der Waals surface area contributed by atoms with Crippen LogP contribution in [-0.2, 0) is 17.6 Å². The Bertz CT molecular complexity index is 677. The first-order valence-electron chi connectivity index (χ1n) is 7.54. The number of hydrogen-bond donors (Lipinski definition) is 0. The van der Waals surface area contributed by atoms with Crippen molar-refractivity contribution in [1.82, 2.24) is 0 Å². The highest BCUT2D eigenvalue weighted by Gasteiger charge is 2.29. The number of methoxy groups -OCH3 is 2. The van der Waals surface area contributed by atoms with Crippen molar-refractivity contribution in [2.75, 3.05) is 14.2 Å². The highest BCUT2D eigenvalue weighted by atomic mass is 16.5. The third kappa shape index (κ3) is 2.71. The lowest BCUT2D eigenvalue weighted by atomic mass is 9.78. The summed E-state index contributed by atoms with van der Waals surface area (Å²) >= 11 is 0. The average Bonchev–Trinajstić information content (AvgIpc) is 2.57. The molecule has 0 aromatic heterocycles. The van der Waals surface area contributed by atoms with E-state index in [0.29, 0.717) is 18.0 Å². The molecule has 0 amide bonds. The fourth-order valence-corrected chi connectivity index (χ4v) is 3.16. The number of Topliss-reactive ketones (excluding diaryl/α,β-unsaturated/α-hetero) is 1. The van der Waals surface area contributed by atoms with Crippen LogP contribution in [0.4, 0.5) is 0 Å². The molecule has 0 N–H and O–H groups in total. The van der Waals surface area contributed by atoms with E-state index in [-0.39, 0.29) is 5.92 Å². The summed E-state index contributed by atoms with van der Waals surface area (Å²) in [6, 6.07) is 14.1. The Hall–Kier alpha value is -2.29. The summed E-state index contributed by atoms with van der Waals surface area (Å²) in [5.41, 5.74) is 3.46. The van der Waals surface area contributed by atoms with Gasteiger partial charge in [0.25, 0.3) is 0 Å². The van der Waals surface area contributed by atoms with Crippen molar-refractivity contribution >= 4 is 5.78 Å². The summed E-state index contributed by atoms with van der Waals surface area (Å²) in [5.74, 6) is 1.64. The normalized spacial score (nSPS) is 17.0. The Morgan fingerprint density at radius 1 is 1.00 bits per heavy atom. The third-order valence-electron chi connectivity index (χ3n) is 4.33. The highest BCUT2D eigenvalue weighted by Crippen LogP contribution is 2.39. The summed E-state index contributed by atoms with van der Waals surface area (Å²) in [4.78, 5) is 12.4. The van der Waals surface area contributed by atoms with Gasteiger partial charge in [-0.05, 0) is 41.7 Å². The second-order valence-corrected chi connectivity index (χ2v) is 5.61. The molecule has 2 aromatic rings. The maximum atomic E-state index is 12.4. The van der Waals surface area contributed by atoms with Gasteiger partial charge in [0.2, 0.25) is 0 Å². The van der Waals surface area contributed by atoms with Crippen molar-refractivity contribution in [2.24, 2.45) is 0 Å². The second kappa shape index (κ2) is 6.22. The van der Waals surface area contributed by atoms with Crippen molar-refractivity contribution in [3.8, 4) is 11.5 Å². The SMILES string of the molecule is COc1cc2c(cc1OC)C(Cc1ccccc1)C(=O)CC2. The van der Waals surface area contributed by atoms with E-state index in [2.05, 4.69) is 12.1 Å². The van der Waals surface area contributed by atoms with Gasteiger partial charge in [0, 0.05) is 12.3 Å². The quantitative estimate of drug-likeness (QED) is 0.865. The number of hydrogen-bond acceptors (Lipinski definition) is 3. The summed E-state index contributed by atoms with van der Waals surface area (Å²) in [7, 11) is 3.26. The van der Waals surface area contributed by atoms with Crippen LogP contribution in [0.2, 0.25) is 0 Å². The smallest absolute Gasteiger partial charge is 0.161 e. The molecular weight excluding hydrogens is 276 g/mol. The highest BCUT2D eigenvalue weighted by molar-refractivity contribution is 5.88. The number of carbonyl (C=O) groups excluding carboxylic acids is 1. The van der Waals surface area contributed by atoms with E-state index in [1.807, 2.05) is 30.3 Å². The maximum absolute atomic E-state index is 12.4. The van der Waals surface area contributed by atoms with E-state index in [4.69, 9.17) is 9.47 Å². The fraction of sp³-hybridized carbons (Fsp3) is 0.316. The molecule has 3 rings (SSSR count). The molecule has 0 saturated heterocycles. The van der Waals surface area contributed by atoms with Crippen LogP contribution in [0, 0.1) is 0 Å². The molecule has 22 heavy (non-hydrogen) atoms. The molecular formula is C19H20O3. The van der Waals surface area contributed by atoms with Crippen molar-refractivity contribution in [3.63, 3.8) is 0 Å². The molecule has 0 bridgehead atoms. The summed E-state index contributed by atoms with van der Waals surface area (Å²) < 4.78 is 10.8. The van der Waals surface area contributed by atoms with Gasteiger partial charge >= 0.3 is 0 Å². The van der Waals surface area contributed by atoms with E-state index < -0.39 is 0 Å². The Morgan fingerprint density at radius 3 is 2.36 bits per heavy atom. The average molecular weight is 296 g/mol. The van der Waals surface area contributed by atoms with Gasteiger partial charge in [0.1, 0.15) is 5.78 Å². The zero-order valence-corrected chi connectivity index (χ0v) is 13.0. The predicted molar refractivity (Wildman–Crippen MR) is 85.8 cm³/mol. The first-order valence-corrected chi connectivity index (χ1v) is 7.54. The Labute approximate surface area is 130 Å². The van der Waals surface area contributed by atoms with E-state index in [1.165, 1.54) is 11.1 Å². The minimum atomic E-state index is -0.0917. The first-order chi connectivity index (χ1) is 10.7. The van der Waals surface area contributed by atoms with Gasteiger partial charge in [-0.2, -0.15) is 0 Å². The molecule has 1 aliphatic carbocycles. The van der Waals surface area contributed by atoms with E-state index in [9.17, 15) is 4.79 Å². The number of aryl methyl sites for hydroxylation is 1. The fourth-order valence-electron chi connectivity index (χ4n) is 3.16. The molecule has 1 unspecified atom stereocenters. The van der Waals surface area contributed by atoms with Crippen LogP contribution in [0.1, 0.15) is 29.0 Å². The molecule has 0 saturated carbocycles. The maximum Gasteiger partial charge on any atom is 0.161 e. The molecule has 3 heteroatoms. The van der Waals surface area contributed by atoms with Gasteiger partial charge in [-0.25, -0.2) is 0 Å². The van der Waals surface area contributed by atoms with Crippen molar-refractivity contribution < 1.29 is 14.3 Å². The molecule has 3 nitrogen and oxygen atoms in total. The van der Waals surface area contributed by atoms with Gasteiger partial charge < -0.3 is 9.47 Å². The van der Waals surface area contributed by atoms with Gasteiger partial charge in [0.15, 0.2) is 11.5 Å². The zero-order valence-electron chi connectivity index (χ0n) is 13.0. The number of ether oxygens (including phenoxy) is 2. The van der Waals surface area contributed by atoms with Crippen LogP contribution < -0.4 is 9.47 Å². The first kappa shape index (κ1) is 14.6. The lowest BCUT2D eigenvalue weighted by molar-refractivity contribution is -0.120. The van der Waals surface area contributed by atoms with Crippen molar-refractivity contribution in [1.29, 1.82) is 0 Å². The Morgan fingerprint density at radius 2 is 1.68 bits per heavy atom. The predicted octanol–water partition coefficient (Wildman–Crippen LogP) is 3.55. The largest absolute Gasteiger partial charge is 0.493 e. The van der Waals surface area contributed by atoms with Gasteiger partial charge in [0.05, 0.1) is 14.2 Å². The molecule has 2 aromatic carbocycles. The Kier molecular flexibility index (Phi) is 4.14. The minimum Gasteiger partial charge on any atom is -0.493 e. The summed E-state index contributed by atoms with van der Waals surface area (Å²) in [5, 5.41) is 0. The number of fused-ring (bicyclic) bond motifs is 1. The second-order valence-electron chi connectivity index (χ2n) is 5.61. The third-order valence-corrected chi connectivity index (χ3v) is 4.33. The number of rotatable bonds is 4. The molecule has 0 radical (unpaired) electrons. The van der Waals surface area contributed by atoms with Crippen LogP contribution >= 0.6 is 0 Å². The number of ketones is 1. The molecule has 0 aliphatic heterocycles. The minimum absolute atomic E-state index is 0.0917. The molecule has 114 valence electrons. The zero-order chi connectivity index (χ0) is 15.5. The lowest BCUT2D eigenvalue weighted by Gasteiger charge is -2.26. The molecule has 1 aliphatic rings. The van der Waals surface area contributed by atoms with Crippen LogP contribution in [0.3, 0.4) is 0 Å². The standard InChI is InChI=1S/C19H20O3/c1-21-18-11-14-8-9-17(20)16(15(14)12-19(18)22-2)10-13-6-4-3-5-7-13/h3-7,11-12,16H,8-10H2,1-2H3. The molecule has 0 fully saturated rings.